The van der Waals surface area contributed by atoms with Gasteiger partial charge in [-0.05, 0) is 62.9 Å². The number of carbonyl (C=O) groups is 2. The number of hydrogen-bond donors (Lipinski definition) is 2. The second-order valence-electron chi connectivity index (χ2n) is 7.74. The summed E-state index contributed by atoms with van der Waals surface area (Å²) in [7, 11) is 0. The molecule has 0 heterocycles. The van der Waals surface area contributed by atoms with Crippen LogP contribution in [0.15, 0.2) is 48.5 Å². The van der Waals surface area contributed by atoms with Gasteiger partial charge in [0, 0.05) is 27.7 Å². The van der Waals surface area contributed by atoms with Crippen molar-refractivity contribution in [2.45, 2.75) is 38.6 Å². The molecule has 2 amide bonds. The summed E-state index contributed by atoms with van der Waals surface area (Å²) in [6.45, 7) is 5.79. The monoisotopic (exact) mass is 370 g/mol. The minimum atomic E-state index is -0.313. The lowest BCUT2D eigenvalue weighted by atomic mass is 10.1. The maximum absolute atomic E-state index is 12.5. The molecule has 1 fully saturated rings. The molecule has 2 aromatic rings. The molecule has 0 saturated heterocycles. The Kier molecular flexibility index (Phi) is 5.05. The average molecular weight is 371 g/mol. The van der Waals surface area contributed by atoms with Gasteiger partial charge in [-0.15, -0.1) is 0 Å². The van der Waals surface area contributed by atoms with Crippen LogP contribution in [0.1, 0.15) is 49.0 Å². The van der Waals surface area contributed by atoms with E-state index in [0.717, 1.165) is 12.0 Å². The molecule has 136 valence electrons. The summed E-state index contributed by atoms with van der Waals surface area (Å²) >= 11 is 6.22. The Morgan fingerprint density at radius 3 is 2.50 bits per heavy atom. The summed E-state index contributed by atoms with van der Waals surface area (Å²) in [5, 5.41) is 6.54. The van der Waals surface area contributed by atoms with Gasteiger partial charge in [-0.1, -0.05) is 35.9 Å². The van der Waals surface area contributed by atoms with E-state index in [2.05, 4.69) is 10.6 Å². The van der Waals surface area contributed by atoms with Crippen molar-refractivity contribution in [3.63, 3.8) is 0 Å². The average Bonchev–Trinajstić information content (AvgIpc) is 3.34. The molecule has 4 nitrogen and oxygen atoms in total. The summed E-state index contributed by atoms with van der Waals surface area (Å²) in [5.41, 5.74) is 1.86. The van der Waals surface area contributed by atoms with E-state index in [9.17, 15) is 9.59 Å². The number of rotatable bonds is 4. The van der Waals surface area contributed by atoms with Crippen LogP contribution in [0.2, 0.25) is 5.02 Å². The first-order valence-electron chi connectivity index (χ1n) is 8.72. The third kappa shape index (κ3) is 4.44. The highest BCUT2D eigenvalue weighted by molar-refractivity contribution is 6.31. The molecule has 2 N–H and O–H groups in total. The Labute approximate surface area is 158 Å². The van der Waals surface area contributed by atoms with Crippen molar-refractivity contribution in [2.24, 2.45) is 5.92 Å². The molecule has 5 heteroatoms. The van der Waals surface area contributed by atoms with Crippen LogP contribution >= 0.6 is 11.6 Å². The van der Waals surface area contributed by atoms with E-state index in [1.165, 1.54) is 0 Å². The molecular formula is C21H23ClN2O2. The van der Waals surface area contributed by atoms with Crippen molar-refractivity contribution in [1.82, 2.24) is 5.32 Å². The molecule has 0 aliphatic heterocycles. The first-order valence-corrected chi connectivity index (χ1v) is 9.10. The molecule has 2 unspecified atom stereocenters. The SMILES string of the molecule is CC(C)(C)NC(=O)c1cccc(NC(=O)C2CC2c2ccccc2Cl)c1. The van der Waals surface area contributed by atoms with Crippen molar-refractivity contribution in [1.29, 1.82) is 0 Å². The first-order chi connectivity index (χ1) is 12.2. The predicted molar refractivity (Wildman–Crippen MR) is 105 cm³/mol. The van der Waals surface area contributed by atoms with Crippen molar-refractivity contribution < 1.29 is 9.59 Å². The van der Waals surface area contributed by atoms with Crippen LogP contribution in [0, 0.1) is 5.92 Å². The number of carbonyl (C=O) groups excluding carboxylic acids is 2. The van der Waals surface area contributed by atoms with Gasteiger partial charge in [-0.25, -0.2) is 0 Å². The molecule has 1 aliphatic rings. The number of amides is 2. The van der Waals surface area contributed by atoms with E-state index < -0.39 is 0 Å². The van der Waals surface area contributed by atoms with E-state index in [1.54, 1.807) is 24.3 Å². The highest BCUT2D eigenvalue weighted by Gasteiger charge is 2.44. The van der Waals surface area contributed by atoms with Gasteiger partial charge in [-0.2, -0.15) is 0 Å². The number of benzene rings is 2. The lowest BCUT2D eigenvalue weighted by Gasteiger charge is -2.20. The standard InChI is InChI=1S/C21H23ClN2O2/c1-21(2,3)24-19(25)13-7-6-8-14(11-13)23-20(26)17-12-16(17)15-9-4-5-10-18(15)22/h4-11,16-17H,12H2,1-3H3,(H,23,26)(H,24,25). The van der Waals surface area contributed by atoms with Crippen molar-refractivity contribution in [3.05, 3.63) is 64.7 Å². The van der Waals surface area contributed by atoms with E-state index in [1.807, 2.05) is 45.0 Å². The summed E-state index contributed by atoms with van der Waals surface area (Å²) in [5.74, 6) is -0.115. The molecule has 1 saturated carbocycles. The van der Waals surface area contributed by atoms with Gasteiger partial charge in [0.05, 0.1) is 0 Å². The normalized spacial score (nSPS) is 18.9. The highest BCUT2D eigenvalue weighted by atomic mass is 35.5. The van der Waals surface area contributed by atoms with Gasteiger partial charge in [0.15, 0.2) is 0 Å². The zero-order valence-electron chi connectivity index (χ0n) is 15.2. The van der Waals surface area contributed by atoms with Crippen LogP contribution in [0.5, 0.6) is 0 Å². The molecular weight excluding hydrogens is 348 g/mol. The Morgan fingerprint density at radius 2 is 1.81 bits per heavy atom. The van der Waals surface area contributed by atoms with Gasteiger partial charge in [-0.3, -0.25) is 9.59 Å². The molecule has 0 bridgehead atoms. The van der Waals surface area contributed by atoms with Crippen LogP contribution in [0.25, 0.3) is 0 Å². The summed E-state index contributed by atoms with van der Waals surface area (Å²) in [4.78, 5) is 24.8. The fraction of sp³-hybridized carbons (Fsp3) is 0.333. The Morgan fingerprint density at radius 1 is 1.08 bits per heavy atom. The van der Waals surface area contributed by atoms with Crippen LogP contribution in [0.3, 0.4) is 0 Å². The smallest absolute Gasteiger partial charge is 0.251 e. The van der Waals surface area contributed by atoms with Crippen LogP contribution < -0.4 is 10.6 Å². The van der Waals surface area contributed by atoms with Crippen molar-refractivity contribution >= 4 is 29.1 Å². The maximum Gasteiger partial charge on any atom is 0.251 e. The largest absolute Gasteiger partial charge is 0.347 e. The third-order valence-electron chi connectivity index (χ3n) is 4.31. The molecule has 0 aromatic heterocycles. The molecule has 0 radical (unpaired) electrons. The van der Waals surface area contributed by atoms with Gasteiger partial charge in [0.25, 0.3) is 5.91 Å². The number of nitrogens with one attached hydrogen (secondary N) is 2. The minimum Gasteiger partial charge on any atom is -0.347 e. The van der Waals surface area contributed by atoms with E-state index in [0.29, 0.717) is 16.3 Å². The van der Waals surface area contributed by atoms with E-state index >= 15 is 0 Å². The molecule has 2 atom stereocenters. The molecule has 1 aliphatic carbocycles. The first kappa shape index (κ1) is 18.5. The summed E-state index contributed by atoms with van der Waals surface area (Å²) < 4.78 is 0. The number of hydrogen-bond acceptors (Lipinski definition) is 2. The Hall–Kier alpha value is -2.33. The highest BCUT2D eigenvalue weighted by Crippen LogP contribution is 2.50. The summed E-state index contributed by atoms with van der Waals surface area (Å²) in [6.07, 6.45) is 0.791. The third-order valence-corrected chi connectivity index (χ3v) is 4.66. The van der Waals surface area contributed by atoms with Gasteiger partial charge < -0.3 is 10.6 Å². The lowest BCUT2D eigenvalue weighted by molar-refractivity contribution is -0.117. The quantitative estimate of drug-likeness (QED) is 0.825. The van der Waals surface area contributed by atoms with Gasteiger partial charge >= 0.3 is 0 Å². The van der Waals surface area contributed by atoms with E-state index in [4.69, 9.17) is 11.6 Å². The van der Waals surface area contributed by atoms with Gasteiger partial charge in [0.2, 0.25) is 5.91 Å². The topological polar surface area (TPSA) is 58.2 Å². The fourth-order valence-electron chi connectivity index (χ4n) is 2.99. The molecule has 0 spiro atoms. The Bertz CT molecular complexity index is 842. The van der Waals surface area contributed by atoms with Crippen LogP contribution in [-0.2, 0) is 4.79 Å². The van der Waals surface area contributed by atoms with E-state index in [-0.39, 0.29) is 29.2 Å². The van der Waals surface area contributed by atoms with Crippen molar-refractivity contribution in [3.8, 4) is 0 Å². The Balaban J connectivity index is 1.65. The fourth-order valence-corrected chi connectivity index (χ4v) is 3.27. The predicted octanol–water partition coefficient (Wildman–Crippen LogP) is 4.61. The zero-order chi connectivity index (χ0) is 18.9. The molecule has 2 aromatic carbocycles. The molecule has 26 heavy (non-hydrogen) atoms. The summed E-state index contributed by atoms with van der Waals surface area (Å²) in [6, 6.07) is 14.6. The zero-order valence-corrected chi connectivity index (χ0v) is 15.9. The van der Waals surface area contributed by atoms with Crippen molar-refractivity contribution in [2.75, 3.05) is 5.32 Å². The molecule has 3 rings (SSSR count). The number of anilines is 1. The second-order valence-corrected chi connectivity index (χ2v) is 8.15. The van der Waals surface area contributed by atoms with Crippen LogP contribution in [-0.4, -0.2) is 17.4 Å². The number of halogens is 1. The second kappa shape index (κ2) is 7.12. The van der Waals surface area contributed by atoms with Gasteiger partial charge in [0.1, 0.15) is 0 Å². The lowest BCUT2D eigenvalue weighted by Crippen LogP contribution is -2.40. The minimum absolute atomic E-state index is 0.0386. The maximum atomic E-state index is 12.5. The van der Waals surface area contributed by atoms with Crippen LogP contribution in [0.4, 0.5) is 5.69 Å².